The van der Waals surface area contributed by atoms with Crippen molar-refractivity contribution >= 4 is 11.3 Å². The Bertz CT molecular complexity index is 348. The molecule has 0 amide bonds. The van der Waals surface area contributed by atoms with E-state index in [9.17, 15) is 0 Å². The minimum Gasteiger partial charge on any atom is -0.329 e. The number of hydrogen-bond donors (Lipinski definition) is 1. The van der Waals surface area contributed by atoms with E-state index in [1.54, 1.807) is 0 Å². The first-order chi connectivity index (χ1) is 8.26. The van der Waals surface area contributed by atoms with E-state index < -0.39 is 0 Å². The fraction of sp³-hybridized carbons (Fsp3) is 0.714. The molecule has 1 saturated heterocycles. The predicted octanol–water partition coefficient (Wildman–Crippen LogP) is 3.18. The molecule has 0 radical (unpaired) electrons. The number of thiophene rings is 1. The Hall–Kier alpha value is -0.380. The van der Waals surface area contributed by atoms with Crippen LogP contribution in [0.25, 0.3) is 0 Å². The van der Waals surface area contributed by atoms with Gasteiger partial charge in [0, 0.05) is 28.4 Å². The van der Waals surface area contributed by atoms with E-state index >= 15 is 0 Å². The number of hydrogen-bond acceptors (Lipinski definition) is 3. The van der Waals surface area contributed by atoms with Crippen molar-refractivity contribution in [1.82, 2.24) is 4.90 Å². The van der Waals surface area contributed by atoms with Crippen LogP contribution in [-0.4, -0.2) is 24.0 Å². The molecule has 3 heteroatoms. The zero-order chi connectivity index (χ0) is 12.3. The standard InChI is InChI=1S/C14H24N2S/c1-3-13-7-8-14(17-13)11(2)16-9-5-4-6-12(16)10-15/h7-8,11-12H,3-6,9-10,15H2,1-2H3. The molecule has 1 aliphatic heterocycles. The van der Waals surface area contributed by atoms with Gasteiger partial charge < -0.3 is 5.73 Å². The molecule has 2 unspecified atom stereocenters. The van der Waals surface area contributed by atoms with Crippen LogP contribution in [0.1, 0.15) is 48.9 Å². The van der Waals surface area contributed by atoms with Gasteiger partial charge in [-0.05, 0) is 44.9 Å². The molecule has 2 nitrogen and oxygen atoms in total. The summed E-state index contributed by atoms with van der Waals surface area (Å²) in [6, 6.07) is 5.70. The molecular formula is C14H24N2S. The van der Waals surface area contributed by atoms with Gasteiger partial charge in [0.1, 0.15) is 0 Å². The average Bonchev–Trinajstić information content (AvgIpc) is 2.86. The van der Waals surface area contributed by atoms with Gasteiger partial charge in [-0.15, -0.1) is 11.3 Å². The van der Waals surface area contributed by atoms with Crippen molar-refractivity contribution in [2.45, 2.75) is 51.6 Å². The lowest BCUT2D eigenvalue weighted by Crippen LogP contribution is -2.45. The molecule has 0 saturated carbocycles. The Morgan fingerprint density at radius 3 is 2.94 bits per heavy atom. The summed E-state index contributed by atoms with van der Waals surface area (Å²) in [5.41, 5.74) is 5.90. The Kier molecular flexibility index (Phi) is 4.60. The minimum absolute atomic E-state index is 0.536. The first-order valence-corrected chi connectivity index (χ1v) is 7.62. The highest BCUT2D eigenvalue weighted by molar-refractivity contribution is 7.12. The second-order valence-corrected chi connectivity index (χ2v) is 6.16. The average molecular weight is 252 g/mol. The molecule has 1 aromatic rings. The van der Waals surface area contributed by atoms with Gasteiger partial charge in [0.25, 0.3) is 0 Å². The quantitative estimate of drug-likeness (QED) is 0.891. The zero-order valence-corrected chi connectivity index (χ0v) is 11.8. The van der Waals surface area contributed by atoms with Crippen LogP contribution in [0.3, 0.4) is 0 Å². The molecule has 1 fully saturated rings. The molecule has 0 aliphatic carbocycles. The molecule has 2 heterocycles. The van der Waals surface area contributed by atoms with Crippen molar-refractivity contribution in [3.63, 3.8) is 0 Å². The fourth-order valence-corrected chi connectivity index (χ4v) is 3.78. The molecule has 0 aromatic carbocycles. The maximum Gasteiger partial charge on any atom is 0.0416 e. The smallest absolute Gasteiger partial charge is 0.0416 e. The van der Waals surface area contributed by atoms with Crippen LogP contribution in [-0.2, 0) is 6.42 Å². The first kappa shape index (κ1) is 13.1. The van der Waals surface area contributed by atoms with E-state index in [1.807, 2.05) is 11.3 Å². The second-order valence-electron chi connectivity index (χ2n) is 4.96. The first-order valence-electron chi connectivity index (χ1n) is 6.80. The van der Waals surface area contributed by atoms with Crippen LogP contribution < -0.4 is 5.73 Å². The fourth-order valence-electron chi connectivity index (χ4n) is 2.76. The Labute approximate surface area is 109 Å². The molecule has 0 spiro atoms. The van der Waals surface area contributed by atoms with E-state index in [4.69, 9.17) is 5.73 Å². The number of nitrogens with zero attached hydrogens (tertiary/aromatic N) is 1. The van der Waals surface area contributed by atoms with Crippen LogP contribution in [0, 0.1) is 0 Å². The van der Waals surface area contributed by atoms with E-state index in [1.165, 1.54) is 35.6 Å². The van der Waals surface area contributed by atoms with Crippen LogP contribution in [0.4, 0.5) is 0 Å². The highest BCUT2D eigenvalue weighted by atomic mass is 32.1. The molecule has 17 heavy (non-hydrogen) atoms. The lowest BCUT2D eigenvalue weighted by atomic mass is 10.00. The number of likely N-dealkylation sites (tertiary alicyclic amines) is 1. The summed E-state index contributed by atoms with van der Waals surface area (Å²) in [7, 11) is 0. The Balaban J connectivity index is 2.09. The summed E-state index contributed by atoms with van der Waals surface area (Å²) >= 11 is 1.96. The van der Waals surface area contributed by atoms with Gasteiger partial charge in [-0.3, -0.25) is 4.90 Å². The normalized spacial score (nSPS) is 23.8. The second kappa shape index (κ2) is 5.98. The summed E-state index contributed by atoms with van der Waals surface area (Å²) in [5.74, 6) is 0. The molecule has 1 aliphatic rings. The molecular weight excluding hydrogens is 228 g/mol. The SMILES string of the molecule is CCc1ccc(C(C)N2CCCCC2CN)s1. The highest BCUT2D eigenvalue weighted by Gasteiger charge is 2.26. The van der Waals surface area contributed by atoms with Gasteiger partial charge in [0.2, 0.25) is 0 Å². The van der Waals surface area contributed by atoms with Crippen LogP contribution in [0.15, 0.2) is 12.1 Å². The maximum absolute atomic E-state index is 5.90. The van der Waals surface area contributed by atoms with E-state index in [-0.39, 0.29) is 0 Å². The van der Waals surface area contributed by atoms with Gasteiger partial charge in [-0.25, -0.2) is 0 Å². The van der Waals surface area contributed by atoms with Crippen molar-refractivity contribution in [2.24, 2.45) is 5.73 Å². The number of nitrogens with two attached hydrogens (primary N) is 1. The van der Waals surface area contributed by atoms with E-state index in [0.29, 0.717) is 12.1 Å². The predicted molar refractivity (Wildman–Crippen MR) is 75.5 cm³/mol. The summed E-state index contributed by atoms with van der Waals surface area (Å²) < 4.78 is 0. The van der Waals surface area contributed by atoms with Gasteiger partial charge in [-0.2, -0.15) is 0 Å². The van der Waals surface area contributed by atoms with Crippen molar-refractivity contribution in [3.05, 3.63) is 21.9 Å². The number of aryl methyl sites for hydroxylation is 1. The van der Waals surface area contributed by atoms with Gasteiger partial charge in [0.15, 0.2) is 0 Å². The topological polar surface area (TPSA) is 29.3 Å². The van der Waals surface area contributed by atoms with Crippen LogP contribution in [0.5, 0.6) is 0 Å². The lowest BCUT2D eigenvalue weighted by molar-refractivity contribution is 0.109. The third-order valence-corrected chi connectivity index (χ3v) is 5.28. The highest BCUT2D eigenvalue weighted by Crippen LogP contribution is 2.32. The summed E-state index contributed by atoms with van der Waals surface area (Å²) in [6.07, 6.45) is 5.09. The van der Waals surface area contributed by atoms with Crippen molar-refractivity contribution in [2.75, 3.05) is 13.1 Å². The Morgan fingerprint density at radius 2 is 2.29 bits per heavy atom. The van der Waals surface area contributed by atoms with Gasteiger partial charge in [0.05, 0.1) is 0 Å². The largest absolute Gasteiger partial charge is 0.329 e. The van der Waals surface area contributed by atoms with Crippen molar-refractivity contribution in [1.29, 1.82) is 0 Å². The van der Waals surface area contributed by atoms with Crippen LogP contribution in [0.2, 0.25) is 0 Å². The summed E-state index contributed by atoms with van der Waals surface area (Å²) in [6.45, 7) is 6.57. The molecule has 2 N–H and O–H groups in total. The molecule has 2 rings (SSSR count). The van der Waals surface area contributed by atoms with Crippen molar-refractivity contribution < 1.29 is 0 Å². The number of piperidine rings is 1. The summed E-state index contributed by atoms with van der Waals surface area (Å²) in [4.78, 5) is 5.60. The van der Waals surface area contributed by atoms with Crippen molar-refractivity contribution in [3.8, 4) is 0 Å². The monoisotopic (exact) mass is 252 g/mol. The zero-order valence-electron chi connectivity index (χ0n) is 11.0. The third-order valence-electron chi connectivity index (χ3n) is 3.88. The molecule has 0 bridgehead atoms. The molecule has 1 aromatic heterocycles. The lowest BCUT2D eigenvalue weighted by Gasteiger charge is -2.39. The third kappa shape index (κ3) is 2.90. The van der Waals surface area contributed by atoms with Gasteiger partial charge in [-0.1, -0.05) is 13.3 Å². The van der Waals surface area contributed by atoms with E-state index in [0.717, 1.165) is 13.0 Å². The summed E-state index contributed by atoms with van der Waals surface area (Å²) in [5, 5.41) is 0. The number of rotatable bonds is 4. The maximum atomic E-state index is 5.90. The molecule has 2 atom stereocenters. The van der Waals surface area contributed by atoms with E-state index in [2.05, 4.69) is 30.9 Å². The molecule has 96 valence electrons. The Morgan fingerprint density at radius 1 is 1.47 bits per heavy atom. The minimum atomic E-state index is 0.536. The van der Waals surface area contributed by atoms with Crippen LogP contribution >= 0.6 is 11.3 Å². The van der Waals surface area contributed by atoms with Gasteiger partial charge >= 0.3 is 0 Å².